The van der Waals surface area contributed by atoms with Crippen LogP contribution in [0.1, 0.15) is 96.0 Å². The highest BCUT2D eigenvalue weighted by molar-refractivity contribution is 5.48. The van der Waals surface area contributed by atoms with Crippen LogP contribution in [-0.2, 0) is 0 Å². The summed E-state index contributed by atoms with van der Waals surface area (Å²) in [5.74, 6) is 3.53. The van der Waals surface area contributed by atoms with Crippen LogP contribution >= 0.6 is 0 Å². The molecule has 0 spiro atoms. The Labute approximate surface area is 170 Å². The van der Waals surface area contributed by atoms with Crippen LogP contribution in [0.15, 0.2) is 12.1 Å². The maximum atomic E-state index is 15.0. The van der Waals surface area contributed by atoms with Crippen LogP contribution in [0, 0.1) is 23.6 Å². The van der Waals surface area contributed by atoms with E-state index in [0.29, 0.717) is 24.0 Å². The first-order chi connectivity index (χ1) is 13.7. The Kier molecular flexibility index (Phi) is 6.48. The van der Waals surface area contributed by atoms with Crippen molar-refractivity contribution in [3.05, 3.63) is 23.5 Å². The highest BCUT2D eigenvalue weighted by Crippen LogP contribution is 2.52. The van der Waals surface area contributed by atoms with Gasteiger partial charge in [-0.3, -0.25) is 0 Å². The monoisotopic (exact) mass is 388 g/mol. The summed E-state index contributed by atoms with van der Waals surface area (Å²) in [7, 11) is 0. The average molecular weight is 389 g/mol. The summed E-state index contributed by atoms with van der Waals surface area (Å²) in [6.45, 7) is 4.99. The quantitative estimate of drug-likeness (QED) is 0.458. The highest BCUT2D eigenvalue weighted by Gasteiger charge is 2.43. The molecule has 2 saturated carbocycles. The lowest BCUT2D eigenvalue weighted by Gasteiger charge is -2.39. The molecule has 0 saturated heterocycles. The smallest absolute Gasteiger partial charge is 0.207 e. The predicted octanol–water partition coefficient (Wildman–Crippen LogP) is 7.26. The Morgan fingerprint density at radius 3 is 2.54 bits per heavy atom. The number of ether oxygens (including phenoxy) is 2. The van der Waals surface area contributed by atoms with E-state index in [2.05, 4.69) is 19.9 Å². The first-order valence-electron chi connectivity index (χ1n) is 11.8. The van der Waals surface area contributed by atoms with Crippen molar-refractivity contribution in [2.45, 2.75) is 96.5 Å². The molecule has 1 aliphatic heterocycles. The molecule has 2 nitrogen and oxygen atoms in total. The second kappa shape index (κ2) is 9.05. The van der Waals surface area contributed by atoms with Crippen molar-refractivity contribution in [3.8, 4) is 11.5 Å². The second-order valence-corrected chi connectivity index (χ2v) is 9.40. The maximum Gasteiger partial charge on any atom is 0.207 e. The van der Waals surface area contributed by atoms with E-state index >= 15 is 0 Å². The summed E-state index contributed by atoms with van der Waals surface area (Å²) < 4.78 is 26.8. The minimum Gasteiger partial charge on any atom is -0.490 e. The lowest BCUT2D eigenvalue weighted by Crippen LogP contribution is -2.33. The summed E-state index contributed by atoms with van der Waals surface area (Å²) >= 11 is 0. The van der Waals surface area contributed by atoms with Gasteiger partial charge in [-0.2, -0.15) is 4.39 Å². The van der Waals surface area contributed by atoms with Gasteiger partial charge in [0, 0.05) is 11.5 Å². The average Bonchev–Trinajstić information content (AvgIpc) is 3.09. The molecule has 4 rings (SSSR count). The largest absolute Gasteiger partial charge is 0.490 e. The summed E-state index contributed by atoms with van der Waals surface area (Å²) in [6.07, 6.45) is 14.0. The van der Waals surface area contributed by atoms with Crippen molar-refractivity contribution >= 4 is 0 Å². The van der Waals surface area contributed by atoms with Gasteiger partial charge in [-0.15, -0.1) is 0 Å². The molecule has 1 heterocycles. The van der Waals surface area contributed by atoms with Crippen molar-refractivity contribution in [1.29, 1.82) is 0 Å². The number of hydrogen-bond donors (Lipinski definition) is 0. The number of rotatable bonds is 7. The standard InChI is InChI=1S/C25H37FO2/c1-3-5-15-27-22-14-13-21-20-12-11-19(16-23(20)28-25(21)24(22)26)18-9-7-17(6-4-2)8-10-18/h13-14,17-20,23H,3-12,15-16H2,1-2H3/t17?,18?,19?,20-,23?/m0/s1. The maximum absolute atomic E-state index is 15.0. The molecule has 0 amide bonds. The lowest BCUT2D eigenvalue weighted by atomic mass is 9.67. The molecular weight excluding hydrogens is 351 g/mol. The molecule has 2 fully saturated rings. The molecule has 0 aromatic heterocycles. The van der Waals surface area contributed by atoms with Gasteiger partial charge in [-0.1, -0.05) is 52.0 Å². The fraction of sp³-hybridized carbons (Fsp3) is 0.760. The van der Waals surface area contributed by atoms with Crippen molar-refractivity contribution in [3.63, 3.8) is 0 Å². The van der Waals surface area contributed by atoms with Gasteiger partial charge >= 0.3 is 0 Å². The van der Waals surface area contributed by atoms with Gasteiger partial charge in [0.05, 0.1) is 6.61 Å². The predicted molar refractivity (Wildman–Crippen MR) is 112 cm³/mol. The molecular formula is C25H37FO2. The molecule has 3 aliphatic rings. The Hall–Kier alpha value is -1.25. The molecule has 0 N–H and O–H groups in total. The second-order valence-electron chi connectivity index (χ2n) is 9.40. The fourth-order valence-corrected chi connectivity index (χ4v) is 5.98. The molecule has 0 radical (unpaired) electrons. The molecule has 1 aromatic rings. The molecule has 2 aliphatic carbocycles. The van der Waals surface area contributed by atoms with Crippen molar-refractivity contribution in [1.82, 2.24) is 0 Å². The number of benzene rings is 1. The van der Waals surface area contributed by atoms with Crippen LogP contribution in [-0.4, -0.2) is 12.7 Å². The topological polar surface area (TPSA) is 18.5 Å². The minimum atomic E-state index is -0.278. The number of fused-ring (bicyclic) bond motifs is 3. The van der Waals surface area contributed by atoms with Gasteiger partial charge in [-0.05, 0) is 62.3 Å². The molecule has 156 valence electrons. The Morgan fingerprint density at radius 2 is 1.79 bits per heavy atom. The van der Waals surface area contributed by atoms with Crippen LogP contribution < -0.4 is 9.47 Å². The summed E-state index contributed by atoms with van der Waals surface area (Å²) in [5.41, 5.74) is 1.08. The molecule has 3 heteroatoms. The van der Waals surface area contributed by atoms with Gasteiger partial charge in [-0.25, -0.2) is 0 Å². The third kappa shape index (κ3) is 4.04. The zero-order chi connectivity index (χ0) is 19.5. The SMILES string of the molecule is CCCCOc1ccc2c(c1F)OC1CC(C3CCC(CCC)CC3)CC[C@@H]21. The first kappa shape index (κ1) is 20.0. The molecule has 0 bridgehead atoms. The van der Waals surface area contributed by atoms with Crippen molar-refractivity contribution in [2.75, 3.05) is 6.61 Å². The highest BCUT2D eigenvalue weighted by atomic mass is 19.1. The number of hydrogen-bond acceptors (Lipinski definition) is 2. The van der Waals surface area contributed by atoms with E-state index in [-0.39, 0.29) is 11.9 Å². The fourth-order valence-electron chi connectivity index (χ4n) is 5.98. The van der Waals surface area contributed by atoms with Crippen LogP contribution in [0.3, 0.4) is 0 Å². The van der Waals surface area contributed by atoms with E-state index in [4.69, 9.17) is 9.47 Å². The van der Waals surface area contributed by atoms with E-state index in [1.165, 1.54) is 44.9 Å². The normalized spacial score (nSPS) is 31.8. The van der Waals surface area contributed by atoms with Gasteiger partial charge in [0.1, 0.15) is 6.10 Å². The van der Waals surface area contributed by atoms with Crippen LogP contribution in [0.2, 0.25) is 0 Å². The van der Waals surface area contributed by atoms with Gasteiger partial charge < -0.3 is 9.47 Å². The van der Waals surface area contributed by atoms with E-state index in [1.807, 2.05) is 6.07 Å². The van der Waals surface area contributed by atoms with Crippen LogP contribution in [0.4, 0.5) is 4.39 Å². The van der Waals surface area contributed by atoms with E-state index in [1.54, 1.807) is 0 Å². The molecule has 1 aromatic carbocycles. The van der Waals surface area contributed by atoms with E-state index in [9.17, 15) is 4.39 Å². The molecule has 2 unspecified atom stereocenters. The Balaban J connectivity index is 1.38. The zero-order valence-electron chi connectivity index (χ0n) is 17.7. The first-order valence-corrected chi connectivity index (χ1v) is 11.8. The van der Waals surface area contributed by atoms with Crippen LogP contribution in [0.5, 0.6) is 11.5 Å². The zero-order valence-corrected chi connectivity index (χ0v) is 17.7. The Morgan fingerprint density at radius 1 is 1.00 bits per heavy atom. The number of unbranched alkanes of at least 4 members (excludes halogenated alkanes) is 1. The third-order valence-corrected chi connectivity index (χ3v) is 7.60. The van der Waals surface area contributed by atoms with Crippen molar-refractivity contribution in [2.24, 2.45) is 17.8 Å². The van der Waals surface area contributed by atoms with Gasteiger partial charge in [0.25, 0.3) is 0 Å². The van der Waals surface area contributed by atoms with Gasteiger partial charge in [0.2, 0.25) is 5.82 Å². The molecule has 28 heavy (non-hydrogen) atoms. The van der Waals surface area contributed by atoms with Crippen LogP contribution in [0.25, 0.3) is 0 Å². The minimum absolute atomic E-state index is 0.169. The van der Waals surface area contributed by atoms with E-state index < -0.39 is 0 Å². The molecule has 3 atom stereocenters. The summed E-state index contributed by atoms with van der Waals surface area (Å²) in [6, 6.07) is 3.87. The van der Waals surface area contributed by atoms with Crippen molar-refractivity contribution < 1.29 is 13.9 Å². The number of halogens is 1. The summed E-state index contributed by atoms with van der Waals surface area (Å²) in [5, 5.41) is 0. The Bertz CT molecular complexity index is 650. The van der Waals surface area contributed by atoms with E-state index in [0.717, 1.165) is 49.0 Å². The van der Waals surface area contributed by atoms with Gasteiger partial charge in [0.15, 0.2) is 11.5 Å². The summed E-state index contributed by atoms with van der Waals surface area (Å²) in [4.78, 5) is 0. The lowest BCUT2D eigenvalue weighted by molar-refractivity contribution is 0.0801. The third-order valence-electron chi connectivity index (χ3n) is 7.60.